The first-order valence-electron chi connectivity index (χ1n) is 20.2. The Hall–Kier alpha value is -3.01. The van der Waals surface area contributed by atoms with Gasteiger partial charge in [0.05, 0.1) is 33.0 Å². The monoisotopic (exact) mass is 775 g/mol. The molecule has 0 aliphatic carbocycles. The molecule has 6 atom stereocenters. The molecule has 4 fully saturated rings. The molecule has 4 aliphatic heterocycles. The molecule has 4 saturated heterocycles. The fraction of sp³-hybridized carbons (Fsp3) is 0.780. The predicted molar refractivity (Wildman–Crippen MR) is 212 cm³/mol. The maximum Gasteiger partial charge on any atom is 0.410 e. The molecular formula is C41H70N6O8. The Morgan fingerprint density at radius 3 is 1.80 bits per heavy atom. The van der Waals surface area contributed by atoms with Gasteiger partial charge in [-0.1, -0.05) is 30.3 Å². The van der Waals surface area contributed by atoms with Crippen LogP contribution in [0.2, 0.25) is 0 Å². The van der Waals surface area contributed by atoms with Gasteiger partial charge in [0.25, 0.3) is 0 Å². The lowest BCUT2D eigenvalue weighted by atomic mass is 10.1. The minimum Gasteiger partial charge on any atom is -0.460 e. The zero-order valence-corrected chi connectivity index (χ0v) is 35.3. The van der Waals surface area contributed by atoms with Crippen LogP contribution in [0.15, 0.2) is 30.3 Å². The summed E-state index contributed by atoms with van der Waals surface area (Å²) in [6.07, 6.45) is -0.511. The number of nitrogens with zero attached hydrogens (tertiary/aromatic N) is 5. The van der Waals surface area contributed by atoms with Gasteiger partial charge < -0.3 is 38.8 Å². The van der Waals surface area contributed by atoms with Crippen molar-refractivity contribution in [2.45, 2.75) is 123 Å². The molecule has 0 aromatic heterocycles. The van der Waals surface area contributed by atoms with Gasteiger partial charge in [-0.05, 0) is 74.8 Å². The second-order valence-corrected chi connectivity index (χ2v) is 17.6. The molecule has 312 valence electrons. The lowest BCUT2D eigenvalue weighted by Gasteiger charge is -2.47. The van der Waals surface area contributed by atoms with Gasteiger partial charge in [-0.15, -0.1) is 0 Å². The molecule has 55 heavy (non-hydrogen) atoms. The van der Waals surface area contributed by atoms with Gasteiger partial charge in [0.15, 0.2) is 0 Å². The number of carbonyl (C=O) groups excluding carboxylic acids is 3. The summed E-state index contributed by atoms with van der Waals surface area (Å²) in [6, 6.07) is 10.8. The lowest BCUT2D eigenvalue weighted by Crippen LogP contribution is -2.63. The number of hydrogen-bond acceptors (Lipinski definition) is 12. The van der Waals surface area contributed by atoms with Crippen LogP contribution < -0.4 is 5.32 Å². The molecule has 0 radical (unpaired) electrons. The summed E-state index contributed by atoms with van der Waals surface area (Å²) in [5.41, 5.74) is -0.0353. The normalized spacial score (nSPS) is 27.5. The first-order chi connectivity index (χ1) is 25.9. The predicted octanol–water partition coefficient (Wildman–Crippen LogP) is 4.06. The zero-order chi connectivity index (χ0) is 40.3. The van der Waals surface area contributed by atoms with Crippen LogP contribution >= 0.6 is 0 Å². The topological polar surface area (TPSA) is 126 Å². The first-order valence-corrected chi connectivity index (χ1v) is 20.2. The third-order valence-electron chi connectivity index (χ3n) is 10.3. The molecular weight excluding hydrogens is 704 g/mol. The highest BCUT2D eigenvalue weighted by atomic mass is 16.6. The fourth-order valence-electron chi connectivity index (χ4n) is 7.25. The number of ether oxygens (including phenoxy) is 5. The zero-order valence-electron chi connectivity index (χ0n) is 35.3. The van der Waals surface area contributed by atoms with Crippen LogP contribution in [0.5, 0.6) is 0 Å². The molecule has 0 saturated carbocycles. The minimum atomic E-state index is -0.552. The highest BCUT2D eigenvalue weighted by Gasteiger charge is 2.39. The van der Waals surface area contributed by atoms with E-state index in [0.29, 0.717) is 44.9 Å². The molecule has 2 amide bonds. The van der Waals surface area contributed by atoms with Crippen molar-refractivity contribution >= 4 is 18.2 Å². The number of nitrogens with one attached hydrogen (secondary N) is 1. The van der Waals surface area contributed by atoms with Crippen LogP contribution in [0.3, 0.4) is 0 Å². The molecule has 0 unspecified atom stereocenters. The SMILES string of the molecule is C[C@@H]1COCCN1C[C@H]1CN(C(=O)OC(C)(C)C)[C@H](C)CN1.C[C@@H]1COCCN1C[C@H]1CN(C(=O)OC(C)(C)C)[C@H](C)CN1CC(=O)OCc1ccccc1. The van der Waals surface area contributed by atoms with Gasteiger partial charge in [-0.25, -0.2) is 9.59 Å². The Balaban J connectivity index is 0.000000265. The van der Waals surface area contributed by atoms with Gasteiger partial charge >= 0.3 is 18.2 Å². The Morgan fingerprint density at radius 2 is 1.25 bits per heavy atom. The molecule has 4 heterocycles. The van der Waals surface area contributed by atoms with Crippen molar-refractivity contribution < 1.29 is 38.1 Å². The average molecular weight is 775 g/mol. The Kier molecular flexibility index (Phi) is 16.6. The molecule has 1 N–H and O–H groups in total. The van der Waals surface area contributed by atoms with E-state index in [1.165, 1.54) is 0 Å². The molecule has 1 aromatic carbocycles. The molecule has 14 nitrogen and oxygen atoms in total. The largest absolute Gasteiger partial charge is 0.460 e. The Morgan fingerprint density at radius 1 is 0.709 bits per heavy atom. The number of morpholine rings is 2. The maximum atomic E-state index is 12.9. The van der Waals surface area contributed by atoms with Gasteiger partial charge in [-0.2, -0.15) is 0 Å². The van der Waals surface area contributed by atoms with Crippen LogP contribution in [-0.2, 0) is 35.1 Å². The number of benzene rings is 1. The molecule has 14 heteroatoms. The highest BCUT2D eigenvalue weighted by Crippen LogP contribution is 2.22. The molecule has 4 aliphatic rings. The second-order valence-electron chi connectivity index (χ2n) is 17.6. The van der Waals surface area contributed by atoms with Crippen LogP contribution in [0.1, 0.15) is 74.8 Å². The summed E-state index contributed by atoms with van der Waals surface area (Å²) < 4.78 is 27.8. The number of esters is 1. The van der Waals surface area contributed by atoms with E-state index in [9.17, 15) is 14.4 Å². The lowest BCUT2D eigenvalue weighted by molar-refractivity contribution is -0.148. The summed E-state index contributed by atoms with van der Waals surface area (Å²) in [5, 5.41) is 3.55. The fourth-order valence-corrected chi connectivity index (χ4v) is 7.25. The Labute approximate surface area is 330 Å². The quantitative estimate of drug-likeness (QED) is 0.303. The van der Waals surface area contributed by atoms with Crippen molar-refractivity contribution in [2.24, 2.45) is 0 Å². The second kappa shape index (κ2) is 20.4. The summed E-state index contributed by atoms with van der Waals surface area (Å²) in [7, 11) is 0. The molecule has 0 spiro atoms. The van der Waals surface area contributed by atoms with E-state index in [1.54, 1.807) is 4.90 Å². The number of hydrogen-bond donors (Lipinski definition) is 1. The third kappa shape index (κ3) is 14.8. The highest BCUT2D eigenvalue weighted by molar-refractivity contribution is 5.72. The first kappa shape index (κ1) is 44.7. The molecule has 5 rings (SSSR count). The van der Waals surface area contributed by atoms with Crippen molar-refractivity contribution in [3.8, 4) is 0 Å². The van der Waals surface area contributed by atoms with Crippen molar-refractivity contribution in [1.29, 1.82) is 0 Å². The number of carbonyl (C=O) groups is 3. The van der Waals surface area contributed by atoms with Crippen molar-refractivity contribution in [1.82, 2.24) is 29.8 Å². The standard InChI is InChI=1S/C25H39N3O5.C16H31N3O3/c1-19-13-27(16-23(29)32-18-21-9-7-6-8-10-21)22(14-26-11-12-31-17-20(26)2)15-28(19)24(30)33-25(3,4)5;1-12-8-17-14(9-18-6-7-21-11-13(18)2)10-19(12)15(20)22-16(3,4)5/h6-10,19-20,22H,11-18H2,1-5H3;12-14,17H,6-11H2,1-5H3/t19-,20-,22+;12-,13-,14+/m11/s1. The number of rotatable bonds is 8. The van der Waals surface area contributed by atoms with Crippen molar-refractivity contribution in [3.63, 3.8) is 0 Å². The molecule has 0 bridgehead atoms. The summed E-state index contributed by atoms with van der Waals surface area (Å²) >= 11 is 0. The van der Waals surface area contributed by atoms with E-state index in [-0.39, 0.29) is 55.5 Å². The van der Waals surface area contributed by atoms with Gasteiger partial charge in [0.2, 0.25) is 0 Å². The van der Waals surface area contributed by atoms with Crippen LogP contribution in [0, 0.1) is 0 Å². The summed E-state index contributed by atoms with van der Waals surface area (Å²) in [4.78, 5) is 48.6. The van der Waals surface area contributed by atoms with Crippen LogP contribution in [0.4, 0.5) is 9.59 Å². The van der Waals surface area contributed by atoms with Crippen molar-refractivity contribution in [3.05, 3.63) is 35.9 Å². The van der Waals surface area contributed by atoms with Crippen LogP contribution in [0.25, 0.3) is 0 Å². The summed E-state index contributed by atoms with van der Waals surface area (Å²) in [6.45, 7) is 29.3. The number of amides is 2. The van der Waals surface area contributed by atoms with Crippen LogP contribution in [-0.4, -0.2) is 175 Å². The van der Waals surface area contributed by atoms with E-state index >= 15 is 0 Å². The number of piperazine rings is 2. The minimum absolute atomic E-state index is 0.00135. The third-order valence-corrected chi connectivity index (χ3v) is 10.3. The van der Waals surface area contributed by atoms with Gasteiger partial charge in [0.1, 0.15) is 17.8 Å². The average Bonchev–Trinajstić information content (AvgIpc) is 3.10. The smallest absolute Gasteiger partial charge is 0.410 e. The van der Waals surface area contributed by atoms with E-state index in [4.69, 9.17) is 23.7 Å². The maximum absolute atomic E-state index is 12.9. The molecule has 1 aromatic rings. The van der Waals surface area contributed by atoms with E-state index in [1.807, 2.05) is 83.7 Å². The van der Waals surface area contributed by atoms with Gasteiger partial charge in [0, 0.05) is 88.6 Å². The Bertz CT molecular complexity index is 1360. The van der Waals surface area contributed by atoms with E-state index in [2.05, 4.69) is 40.8 Å². The van der Waals surface area contributed by atoms with Crippen molar-refractivity contribution in [2.75, 3.05) is 85.3 Å². The van der Waals surface area contributed by atoms with E-state index < -0.39 is 11.2 Å². The van der Waals surface area contributed by atoms with E-state index in [0.717, 1.165) is 51.5 Å². The summed E-state index contributed by atoms with van der Waals surface area (Å²) in [5.74, 6) is -0.253. The van der Waals surface area contributed by atoms with Gasteiger partial charge in [-0.3, -0.25) is 19.5 Å².